The molecule has 1 heterocycles. The Morgan fingerprint density at radius 2 is 1.52 bits per heavy atom. The lowest BCUT2D eigenvalue weighted by atomic mass is 9.92. The van der Waals surface area contributed by atoms with Crippen LogP contribution < -0.4 is 5.32 Å². The summed E-state index contributed by atoms with van der Waals surface area (Å²) in [5.41, 5.74) is -1.23. The molecule has 0 bridgehead atoms. The van der Waals surface area contributed by atoms with Crippen LogP contribution in [-0.4, -0.2) is 16.8 Å². The molecule has 4 rings (SSSR count). The van der Waals surface area contributed by atoms with Crippen molar-refractivity contribution in [2.24, 2.45) is 0 Å². The Hall–Kier alpha value is -2.97. The normalized spacial score (nSPS) is 21.1. The lowest BCUT2D eigenvalue weighted by Crippen LogP contribution is -2.41. The average Bonchev–Trinajstić information content (AvgIpc) is 3.15. The van der Waals surface area contributed by atoms with E-state index in [2.05, 4.69) is 5.32 Å². The molecule has 0 aromatic heterocycles. The van der Waals surface area contributed by atoms with Crippen LogP contribution in [-0.2, 0) is 23.3 Å². The number of rotatable bonds is 2. The second-order valence-electron chi connectivity index (χ2n) is 6.43. The van der Waals surface area contributed by atoms with Crippen LogP contribution in [0.2, 0.25) is 0 Å². The van der Waals surface area contributed by atoms with Gasteiger partial charge in [0.15, 0.2) is 23.3 Å². The Morgan fingerprint density at radius 3 is 2.19 bits per heavy atom. The first kappa shape index (κ1) is 17.4. The zero-order chi connectivity index (χ0) is 19.5. The molecule has 2 aromatic rings. The van der Waals surface area contributed by atoms with Gasteiger partial charge in [0.1, 0.15) is 5.54 Å². The second kappa shape index (κ2) is 5.77. The van der Waals surface area contributed by atoms with Gasteiger partial charge in [0.25, 0.3) is 5.91 Å². The van der Waals surface area contributed by atoms with Crippen molar-refractivity contribution >= 4 is 11.9 Å². The van der Waals surface area contributed by atoms with Gasteiger partial charge in [-0.2, -0.15) is 0 Å². The third kappa shape index (κ3) is 2.27. The van der Waals surface area contributed by atoms with Gasteiger partial charge in [-0.05, 0) is 24.0 Å². The highest BCUT2D eigenvalue weighted by Gasteiger charge is 2.55. The summed E-state index contributed by atoms with van der Waals surface area (Å²) in [4.78, 5) is 25.7. The van der Waals surface area contributed by atoms with Gasteiger partial charge in [-0.25, -0.2) is 26.7 Å². The maximum Gasteiger partial charge on any atom is 0.325 e. The number of aryl methyl sites for hydroxylation is 1. The molecule has 2 aromatic carbocycles. The number of hydrogen-bond donors (Lipinski definition) is 1. The average molecular weight is 382 g/mol. The summed E-state index contributed by atoms with van der Waals surface area (Å²) in [5, 5.41) is 2.52. The lowest BCUT2D eigenvalue weighted by molar-refractivity contribution is -0.132. The molecular weight excluding hydrogens is 371 g/mol. The zero-order valence-electron chi connectivity index (χ0n) is 13.6. The van der Waals surface area contributed by atoms with Crippen molar-refractivity contribution in [3.05, 3.63) is 70.0 Å². The first-order chi connectivity index (χ1) is 12.8. The molecule has 1 fully saturated rings. The first-order valence-corrected chi connectivity index (χ1v) is 8.00. The van der Waals surface area contributed by atoms with Crippen molar-refractivity contribution in [1.29, 1.82) is 0 Å². The minimum Gasteiger partial charge on any atom is -0.319 e. The maximum absolute atomic E-state index is 13.9. The van der Waals surface area contributed by atoms with E-state index >= 15 is 0 Å². The number of nitrogens with zero attached hydrogens (tertiary/aromatic N) is 1. The predicted octanol–water partition coefficient (Wildman–Crippen LogP) is 3.28. The number of amides is 3. The van der Waals surface area contributed by atoms with Gasteiger partial charge in [0.2, 0.25) is 5.82 Å². The number of carbonyl (C=O) groups excluding carboxylic acids is 2. The SMILES string of the molecule is O=C1NC2(CCc3ccccc32)C(=O)N1Cc1c(F)c(F)c(F)c(F)c1F. The largest absolute Gasteiger partial charge is 0.325 e. The first-order valence-electron chi connectivity index (χ1n) is 8.00. The van der Waals surface area contributed by atoms with Gasteiger partial charge >= 0.3 is 6.03 Å². The van der Waals surface area contributed by atoms with Crippen molar-refractivity contribution in [3.63, 3.8) is 0 Å². The Labute approximate surface area is 149 Å². The Balaban J connectivity index is 1.74. The highest BCUT2D eigenvalue weighted by atomic mass is 19.2. The zero-order valence-corrected chi connectivity index (χ0v) is 13.6. The van der Waals surface area contributed by atoms with Gasteiger partial charge in [0, 0.05) is 5.56 Å². The summed E-state index contributed by atoms with van der Waals surface area (Å²) in [5.74, 6) is -11.5. The predicted molar refractivity (Wildman–Crippen MR) is 81.8 cm³/mol. The standard InChI is InChI=1S/C18H11F5N2O2/c19-11-9(12(20)14(22)15(23)13(11)21)7-25-16(26)18(24-17(25)27)6-5-8-3-1-2-4-10(8)18/h1-4H,5-7H2,(H,24,27). The van der Waals surface area contributed by atoms with Crippen molar-refractivity contribution < 1.29 is 31.5 Å². The van der Waals surface area contributed by atoms with Crippen LogP contribution in [0.15, 0.2) is 24.3 Å². The summed E-state index contributed by atoms with van der Waals surface area (Å²) in [6.07, 6.45) is 0.739. The maximum atomic E-state index is 13.9. The van der Waals surface area contributed by atoms with E-state index in [4.69, 9.17) is 0 Å². The molecule has 27 heavy (non-hydrogen) atoms. The Kier molecular flexibility index (Phi) is 3.72. The minimum absolute atomic E-state index is 0.241. The highest BCUT2D eigenvalue weighted by Crippen LogP contribution is 2.41. The summed E-state index contributed by atoms with van der Waals surface area (Å²) in [6.45, 7) is -1.07. The highest BCUT2D eigenvalue weighted by molar-refractivity contribution is 6.08. The summed E-state index contributed by atoms with van der Waals surface area (Å²) < 4.78 is 67.8. The fourth-order valence-electron chi connectivity index (χ4n) is 3.68. The number of fused-ring (bicyclic) bond motifs is 2. The molecule has 0 saturated carbocycles. The van der Waals surface area contributed by atoms with Crippen molar-refractivity contribution in [1.82, 2.24) is 10.2 Å². The van der Waals surface area contributed by atoms with E-state index in [1.54, 1.807) is 24.3 Å². The number of nitrogens with one attached hydrogen (secondary N) is 1. The Bertz CT molecular complexity index is 980. The van der Waals surface area contributed by atoms with Crippen LogP contribution >= 0.6 is 0 Å². The molecule has 1 saturated heterocycles. The van der Waals surface area contributed by atoms with Crippen LogP contribution in [0.4, 0.5) is 26.7 Å². The fourth-order valence-corrected chi connectivity index (χ4v) is 3.68. The summed E-state index contributed by atoms with van der Waals surface area (Å²) >= 11 is 0. The van der Waals surface area contributed by atoms with E-state index < -0.39 is 58.7 Å². The van der Waals surface area contributed by atoms with Gasteiger partial charge in [-0.15, -0.1) is 0 Å². The van der Waals surface area contributed by atoms with Crippen molar-refractivity contribution in [2.45, 2.75) is 24.9 Å². The van der Waals surface area contributed by atoms with E-state index in [0.717, 1.165) is 5.56 Å². The molecule has 140 valence electrons. The third-order valence-corrected chi connectivity index (χ3v) is 5.04. The van der Waals surface area contributed by atoms with Gasteiger partial charge in [0.05, 0.1) is 6.54 Å². The monoisotopic (exact) mass is 382 g/mol. The number of hydrogen-bond acceptors (Lipinski definition) is 2. The minimum atomic E-state index is -2.30. The van der Waals surface area contributed by atoms with E-state index in [0.29, 0.717) is 16.9 Å². The molecule has 2 aliphatic rings. The number of urea groups is 1. The molecule has 1 aliphatic heterocycles. The molecule has 1 aliphatic carbocycles. The van der Waals surface area contributed by atoms with Crippen molar-refractivity contribution in [2.75, 3.05) is 0 Å². The Morgan fingerprint density at radius 1 is 0.926 bits per heavy atom. The fraction of sp³-hybridized carbons (Fsp3) is 0.222. The molecular formula is C18H11F5N2O2. The molecule has 1 atom stereocenters. The molecule has 1 spiro atoms. The van der Waals surface area contributed by atoms with Crippen LogP contribution in [0.3, 0.4) is 0 Å². The summed E-state index contributed by atoms with van der Waals surface area (Å²) in [6, 6.07) is 5.93. The molecule has 3 amide bonds. The van der Waals surface area contributed by atoms with Crippen LogP contribution in [0, 0.1) is 29.1 Å². The number of halogens is 5. The van der Waals surface area contributed by atoms with E-state index in [1.807, 2.05) is 0 Å². The van der Waals surface area contributed by atoms with Crippen molar-refractivity contribution in [3.8, 4) is 0 Å². The van der Waals surface area contributed by atoms with Gasteiger partial charge in [-0.3, -0.25) is 9.69 Å². The third-order valence-electron chi connectivity index (χ3n) is 5.04. The molecule has 4 nitrogen and oxygen atoms in total. The second-order valence-corrected chi connectivity index (χ2v) is 6.43. The molecule has 9 heteroatoms. The van der Waals surface area contributed by atoms with Gasteiger partial charge < -0.3 is 5.32 Å². The molecule has 1 unspecified atom stereocenters. The van der Waals surface area contributed by atoms with E-state index in [-0.39, 0.29) is 6.42 Å². The smallest absolute Gasteiger partial charge is 0.319 e. The number of imide groups is 1. The molecule has 0 radical (unpaired) electrons. The van der Waals surface area contributed by atoms with Crippen LogP contribution in [0.5, 0.6) is 0 Å². The quantitative estimate of drug-likeness (QED) is 0.375. The summed E-state index contributed by atoms with van der Waals surface area (Å²) in [7, 11) is 0. The molecule has 1 N–H and O–H groups in total. The number of benzene rings is 2. The topological polar surface area (TPSA) is 49.4 Å². The van der Waals surface area contributed by atoms with Crippen LogP contribution in [0.1, 0.15) is 23.1 Å². The van der Waals surface area contributed by atoms with E-state index in [1.165, 1.54) is 0 Å². The van der Waals surface area contributed by atoms with E-state index in [9.17, 15) is 31.5 Å². The lowest BCUT2D eigenvalue weighted by Gasteiger charge is -2.22. The number of carbonyl (C=O) groups is 2. The van der Waals surface area contributed by atoms with Gasteiger partial charge in [-0.1, -0.05) is 24.3 Å². The van der Waals surface area contributed by atoms with Crippen LogP contribution in [0.25, 0.3) is 0 Å².